The van der Waals surface area contributed by atoms with Gasteiger partial charge in [0.25, 0.3) is 11.7 Å². The van der Waals surface area contributed by atoms with E-state index in [1.807, 2.05) is 38.1 Å². The number of nitrogens with two attached hydrogens (primary N) is 1. The maximum Gasteiger partial charge on any atom is 0.312 e. The molecule has 5 N–H and O–H groups in total. The lowest BCUT2D eigenvalue weighted by molar-refractivity contribution is -0.141. The summed E-state index contributed by atoms with van der Waals surface area (Å²) in [5, 5.41) is 7.53. The molecular formula is C29H35N5O5. The van der Waals surface area contributed by atoms with Crippen LogP contribution in [-0.2, 0) is 32.0 Å². The Kier molecular flexibility index (Phi) is 9.66. The van der Waals surface area contributed by atoms with Crippen molar-refractivity contribution in [2.75, 3.05) is 13.1 Å². The van der Waals surface area contributed by atoms with Crippen LogP contribution in [0.2, 0.25) is 0 Å². The zero-order chi connectivity index (χ0) is 28.7. The quantitative estimate of drug-likeness (QED) is 0.152. The first-order valence-electron chi connectivity index (χ1n) is 12.9. The average molecular weight is 534 g/mol. The van der Waals surface area contributed by atoms with Gasteiger partial charge in [0.15, 0.2) is 0 Å². The Morgan fingerprint density at radius 1 is 1.18 bits per heavy atom. The van der Waals surface area contributed by atoms with E-state index < -0.39 is 41.6 Å². The fourth-order valence-corrected chi connectivity index (χ4v) is 5.27. The van der Waals surface area contributed by atoms with Gasteiger partial charge in [-0.25, -0.2) is 4.79 Å². The summed E-state index contributed by atoms with van der Waals surface area (Å²) in [6.45, 7) is 7.59. The third-order valence-corrected chi connectivity index (χ3v) is 7.43. The number of likely N-dealkylation sites (tertiary alicyclic amines) is 1. The maximum absolute atomic E-state index is 13.9. The number of carbonyl (C=O) groups is 5. The van der Waals surface area contributed by atoms with Crippen LogP contribution in [0.4, 0.5) is 4.79 Å². The molecule has 1 aromatic rings. The Labute approximate surface area is 228 Å². The van der Waals surface area contributed by atoms with Crippen LogP contribution in [-0.4, -0.2) is 59.6 Å². The van der Waals surface area contributed by atoms with Crippen LogP contribution < -0.4 is 21.7 Å². The summed E-state index contributed by atoms with van der Waals surface area (Å²) in [6.07, 6.45) is 9.19. The number of urea groups is 1. The highest BCUT2D eigenvalue weighted by molar-refractivity contribution is 6.42. The molecule has 1 aliphatic carbocycles. The molecule has 3 rings (SSSR count). The van der Waals surface area contributed by atoms with E-state index in [0.717, 1.165) is 11.1 Å². The molecule has 1 saturated heterocycles. The summed E-state index contributed by atoms with van der Waals surface area (Å²) in [4.78, 5) is 65.9. The fourth-order valence-electron chi connectivity index (χ4n) is 5.27. The molecule has 206 valence electrons. The molecule has 2 aliphatic rings. The van der Waals surface area contributed by atoms with Crippen molar-refractivity contribution in [2.24, 2.45) is 23.5 Å². The van der Waals surface area contributed by atoms with Crippen molar-refractivity contribution >= 4 is 29.5 Å². The highest BCUT2D eigenvalue weighted by Crippen LogP contribution is 2.34. The number of terminal acetylenes is 1. The second-order valence-corrected chi connectivity index (χ2v) is 10.0. The molecule has 1 aliphatic heterocycles. The van der Waals surface area contributed by atoms with E-state index in [1.165, 1.54) is 17.1 Å². The minimum absolute atomic E-state index is 0.00219. The molecule has 0 unspecified atom stereocenters. The van der Waals surface area contributed by atoms with Gasteiger partial charge in [-0.2, -0.15) is 0 Å². The summed E-state index contributed by atoms with van der Waals surface area (Å²) in [5.41, 5.74) is 7.38. The third kappa shape index (κ3) is 6.74. The molecule has 39 heavy (non-hydrogen) atoms. The number of primary amides is 1. The number of amides is 5. The summed E-state index contributed by atoms with van der Waals surface area (Å²) < 4.78 is 0. The lowest BCUT2D eigenvalue weighted by Gasteiger charge is -2.32. The number of allylic oxidation sites excluding steroid dienone is 1. The molecule has 1 fully saturated rings. The van der Waals surface area contributed by atoms with Gasteiger partial charge in [-0.05, 0) is 47.8 Å². The Hall–Kier alpha value is -4.39. The van der Waals surface area contributed by atoms with Crippen molar-refractivity contribution in [2.45, 2.75) is 45.2 Å². The Bertz CT molecular complexity index is 1210. The summed E-state index contributed by atoms with van der Waals surface area (Å²) in [6, 6.07) is 5.11. The lowest BCUT2D eigenvalue weighted by Crippen LogP contribution is -2.57. The minimum atomic E-state index is -0.964. The number of carbonyl (C=O) groups excluding carboxylic acids is 5. The van der Waals surface area contributed by atoms with Gasteiger partial charge in [0, 0.05) is 19.5 Å². The number of Topliss-reactive ketones (excluding diaryl/α,β-unsaturated/α-hetero) is 1. The zero-order valence-electron chi connectivity index (χ0n) is 22.2. The van der Waals surface area contributed by atoms with Crippen molar-refractivity contribution in [3.8, 4) is 12.3 Å². The van der Waals surface area contributed by atoms with E-state index in [2.05, 4.69) is 28.4 Å². The number of nitrogens with one attached hydrogen (secondary N) is 3. The zero-order valence-corrected chi connectivity index (χ0v) is 22.2. The predicted octanol–water partition coefficient (Wildman–Crippen LogP) is 0.816. The fraction of sp³-hybridized carbons (Fsp3) is 0.414. The molecular weight excluding hydrogens is 498 g/mol. The van der Waals surface area contributed by atoms with E-state index in [9.17, 15) is 24.0 Å². The third-order valence-electron chi connectivity index (χ3n) is 7.43. The largest absolute Gasteiger partial charge is 0.352 e. The number of rotatable bonds is 10. The summed E-state index contributed by atoms with van der Waals surface area (Å²) in [5.74, 6) is -1.15. The first-order valence-corrected chi connectivity index (χ1v) is 12.9. The van der Waals surface area contributed by atoms with Gasteiger partial charge in [0.1, 0.15) is 12.1 Å². The first kappa shape index (κ1) is 29.2. The lowest BCUT2D eigenvalue weighted by atomic mass is 9.92. The number of benzene rings is 1. The molecule has 0 radical (unpaired) electrons. The molecule has 10 heteroatoms. The smallest absolute Gasteiger partial charge is 0.312 e. The van der Waals surface area contributed by atoms with Crippen LogP contribution >= 0.6 is 0 Å². The van der Waals surface area contributed by atoms with Gasteiger partial charge in [0.2, 0.25) is 11.8 Å². The molecule has 0 aromatic heterocycles. The van der Waals surface area contributed by atoms with Crippen molar-refractivity contribution in [1.82, 2.24) is 20.9 Å². The van der Waals surface area contributed by atoms with Crippen molar-refractivity contribution < 1.29 is 24.0 Å². The predicted molar refractivity (Wildman–Crippen MR) is 146 cm³/mol. The maximum atomic E-state index is 13.9. The second-order valence-electron chi connectivity index (χ2n) is 10.0. The highest BCUT2D eigenvalue weighted by atomic mass is 16.2. The number of fused-ring (bicyclic) bond motifs is 1. The van der Waals surface area contributed by atoms with Crippen molar-refractivity contribution in [3.05, 3.63) is 59.8 Å². The Balaban J connectivity index is 1.85. The van der Waals surface area contributed by atoms with Crippen LogP contribution in [0, 0.1) is 30.1 Å². The summed E-state index contributed by atoms with van der Waals surface area (Å²) in [7, 11) is 0. The molecule has 5 amide bonds. The van der Waals surface area contributed by atoms with Gasteiger partial charge < -0.3 is 26.6 Å². The van der Waals surface area contributed by atoms with Gasteiger partial charge in [-0.15, -0.1) is 18.9 Å². The topological polar surface area (TPSA) is 151 Å². The minimum Gasteiger partial charge on any atom is -0.352 e. The average Bonchev–Trinajstić information content (AvgIpc) is 3.47. The Morgan fingerprint density at radius 3 is 2.38 bits per heavy atom. The molecule has 0 spiro atoms. The number of hydrogen-bond donors (Lipinski definition) is 4. The van der Waals surface area contributed by atoms with Crippen LogP contribution in [0.5, 0.6) is 0 Å². The van der Waals surface area contributed by atoms with E-state index in [0.29, 0.717) is 12.8 Å². The van der Waals surface area contributed by atoms with Gasteiger partial charge >= 0.3 is 6.03 Å². The van der Waals surface area contributed by atoms with Gasteiger partial charge in [-0.3, -0.25) is 19.2 Å². The van der Waals surface area contributed by atoms with Crippen LogP contribution in [0.3, 0.4) is 0 Å². The highest BCUT2D eigenvalue weighted by Gasteiger charge is 2.47. The van der Waals surface area contributed by atoms with Gasteiger partial charge in [-0.1, -0.05) is 44.2 Å². The van der Waals surface area contributed by atoms with Crippen molar-refractivity contribution in [3.63, 3.8) is 0 Å². The van der Waals surface area contributed by atoms with Gasteiger partial charge in [0.05, 0.1) is 5.70 Å². The van der Waals surface area contributed by atoms with Crippen LogP contribution in [0.1, 0.15) is 31.4 Å². The first-order chi connectivity index (χ1) is 18.6. The SMILES string of the molecule is C#CC/C=C(/NC(=O)[C@@H]1[C@@H](C)[C@@H](C)CN1C(=O)[C@@H](NC(N)=O)C1Cc2ccccc2C1)C(=O)C(=O)NCC=C. The van der Waals surface area contributed by atoms with E-state index in [-0.39, 0.29) is 43.0 Å². The monoisotopic (exact) mass is 533 g/mol. The second kappa shape index (κ2) is 12.9. The summed E-state index contributed by atoms with van der Waals surface area (Å²) >= 11 is 0. The van der Waals surface area contributed by atoms with E-state index in [4.69, 9.17) is 12.2 Å². The molecule has 4 atom stereocenters. The van der Waals surface area contributed by atoms with Crippen LogP contribution in [0.15, 0.2) is 48.7 Å². The van der Waals surface area contributed by atoms with Crippen molar-refractivity contribution in [1.29, 1.82) is 0 Å². The molecule has 0 saturated carbocycles. The normalized spacial score (nSPS) is 21.3. The number of hydrogen-bond acceptors (Lipinski definition) is 5. The Morgan fingerprint density at radius 2 is 1.82 bits per heavy atom. The molecule has 1 aromatic carbocycles. The molecule has 1 heterocycles. The van der Waals surface area contributed by atoms with E-state index in [1.54, 1.807) is 0 Å². The molecule has 0 bridgehead atoms. The molecule has 10 nitrogen and oxygen atoms in total. The number of nitrogens with zero attached hydrogens (tertiary/aromatic N) is 1. The van der Waals surface area contributed by atoms with E-state index >= 15 is 0 Å². The standard InChI is InChI=1S/C29H35N5O5/c1-5-7-12-22(25(35)27(37)31-13-6-2)32-26(36)24-18(4)17(3)16-34(24)28(38)23(33-29(30)39)21-14-19-10-8-9-11-20(19)15-21/h1,6,8-12,17-18,21,23-24H,2,7,13-16H2,3-4H3,(H,31,37)(H,32,36)(H3,30,33,39)/b22-12+/t17-,18-,23-,24-/m0/s1. The number of ketones is 1. The van der Waals surface area contributed by atoms with Crippen LogP contribution in [0.25, 0.3) is 0 Å².